The third-order valence-corrected chi connectivity index (χ3v) is 4.55. The highest BCUT2D eigenvalue weighted by Crippen LogP contribution is 2.29. The number of hydrogen-bond donors (Lipinski definition) is 0. The number of hydrogen-bond acceptors (Lipinski definition) is 3. The van der Waals surface area contributed by atoms with Gasteiger partial charge in [-0.15, -0.1) is 0 Å². The van der Waals surface area contributed by atoms with Crippen molar-refractivity contribution < 1.29 is 9.53 Å². The first kappa shape index (κ1) is 17.7. The second-order valence-corrected chi connectivity index (χ2v) is 6.91. The number of aromatic nitrogens is 1. The Morgan fingerprint density at radius 1 is 1.36 bits per heavy atom. The highest BCUT2D eigenvalue weighted by Gasteiger charge is 2.32. The molecule has 25 heavy (non-hydrogen) atoms. The first-order chi connectivity index (χ1) is 12.1. The van der Waals surface area contributed by atoms with E-state index in [1.807, 2.05) is 48.4 Å². The second-order valence-electron chi connectivity index (χ2n) is 6.48. The van der Waals surface area contributed by atoms with Crippen LogP contribution < -0.4 is 4.74 Å². The standard InChI is InChI=1S/C20H23ClN2O2/c1-15-12-17(21)6-9-19(15)25-11-3-5-20(24)23(18-7-8-18)14-16-4-2-10-22-13-16/h2,4,6,9-10,12-13,18H,3,5,7-8,11,14H2,1H3. The Morgan fingerprint density at radius 2 is 2.20 bits per heavy atom. The number of rotatable bonds is 8. The molecular weight excluding hydrogens is 336 g/mol. The molecule has 0 aliphatic heterocycles. The summed E-state index contributed by atoms with van der Waals surface area (Å²) >= 11 is 5.95. The van der Waals surface area contributed by atoms with Crippen LogP contribution in [0.3, 0.4) is 0 Å². The summed E-state index contributed by atoms with van der Waals surface area (Å²) in [5, 5.41) is 0.704. The van der Waals surface area contributed by atoms with E-state index in [0.717, 1.165) is 29.7 Å². The van der Waals surface area contributed by atoms with Crippen molar-refractivity contribution in [1.82, 2.24) is 9.88 Å². The van der Waals surface area contributed by atoms with E-state index in [4.69, 9.17) is 16.3 Å². The predicted molar refractivity (Wildman–Crippen MR) is 98.7 cm³/mol. The number of pyridine rings is 1. The number of carbonyl (C=O) groups is 1. The molecule has 1 aromatic heterocycles. The Labute approximate surface area is 153 Å². The molecule has 4 nitrogen and oxygen atoms in total. The molecule has 1 aliphatic rings. The van der Waals surface area contributed by atoms with Crippen LogP contribution >= 0.6 is 11.6 Å². The Kier molecular flexibility index (Phi) is 5.92. The number of carbonyl (C=O) groups excluding carboxylic acids is 1. The van der Waals surface area contributed by atoms with Crippen molar-refractivity contribution in [3.05, 3.63) is 58.9 Å². The van der Waals surface area contributed by atoms with Crippen LogP contribution in [-0.4, -0.2) is 28.4 Å². The molecular formula is C20H23ClN2O2. The Morgan fingerprint density at radius 3 is 2.88 bits per heavy atom. The second kappa shape index (κ2) is 8.34. The SMILES string of the molecule is Cc1cc(Cl)ccc1OCCCC(=O)N(Cc1cccnc1)C1CC1. The average molecular weight is 359 g/mol. The van der Waals surface area contributed by atoms with Crippen LogP contribution in [0, 0.1) is 6.92 Å². The maximum Gasteiger partial charge on any atom is 0.223 e. The lowest BCUT2D eigenvalue weighted by Crippen LogP contribution is -2.32. The summed E-state index contributed by atoms with van der Waals surface area (Å²) in [6.45, 7) is 3.14. The van der Waals surface area contributed by atoms with E-state index in [1.165, 1.54) is 0 Å². The molecule has 1 amide bonds. The third kappa shape index (κ3) is 5.20. The minimum atomic E-state index is 0.197. The van der Waals surface area contributed by atoms with Gasteiger partial charge in [-0.1, -0.05) is 17.7 Å². The van der Waals surface area contributed by atoms with Crippen LogP contribution in [0.5, 0.6) is 5.75 Å². The number of aryl methyl sites for hydroxylation is 1. The van der Waals surface area contributed by atoms with E-state index in [-0.39, 0.29) is 5.91 Å². The van der Waals surface area contributed by atoms with Gasteiger partial charge >= 0.3 is 0 Å². The molecule has 1 saturated carbocycles. The van der Waals surface area contributed by atoms with Crippen molar-refractivity contribution >= 4 is 17.5 Å². The van der Waals surface area contributed by atoms with Gasteiger partial charge in [0.1, 0.15) is 5.75 Å². The normalized spacial score (nSPS) is 13.5. The number of ether oxygens (including phenoxy) is 1. The minimum absolute atomic E-state index is 0.197. The van der Waals surface area contributed by atoms with Crippen molar-refractivity contribution in [3.8, 4) is 5.75 Å². The molecule has 0 saturated heterocycles. The number of nitrogens with zero attached hydrogens (tertiary/aromatic N) is 2. The lowest BCUT2D eigenvalue weighted by Gasteiger charge is -2.22. The van der Waals surface area contributed by atoms with Gasteiger partial charge in [0.15, 0.2) is 0 Å². The molecule has 0 atom stereocenters. The van der Waals surface area contributed by atoms with Gasteiger partial charge in [0, 0.05) is 36.4 Å². The van der Waals surface area contributed by atoms with Crippen LogP contribution in [0.1, 0.15) is 36.8 Å². The highest BCUT2D eigenvalue weighted by atomic mass is 35.5. The van der Waals surface area contributed by atoms with Crippen LogP contribution in [-0.2, 0) is 11.3 Å². The fourth-order valence-corrected chi connectivity index (χ4v) is 3.05. The van der Waals surface area contributed by atoms with Crippen molar-refractivity contribution in [3.63, 3.8) is 0 Å². The lowest BCUT2D eigenvalue weighted by molar-refractivity contribution is -0.132. The van der Waals surface area contributed by atoms with E-state index >= 15 is 0 Å². The van der Waals surface area contributed by atoms with Gasteiger partial charge in [0.25, 0.3) is 0 Å². The molecule has 0 bridgehead atoms. The molecule has 5 heteroatoms. The number of benzene rings is 1. The monoisotopic (exact) mass is 358 g/mol. The molecule has 2 aromatic rings. The number of halogens is 1. The summed E-state index contributed by atoms with van der Waals surface area (Å²) in [5.41, 5.74) is 2.09. The maximum atomic E-state index is 12.6. The minimum Gasteiger partial charge on any atom is -0.493 e. The summed E-state index contributed by atoms with van der Waals surface area (Å²) in [6, 6.07) is 9.89. The highest BCUT2D eigenvalue weighted by molar-refractivity contribution is 6.30. The Bertz CT molecular complexity index is 717. The van der Waals surface area contributed by atoms with E-state index in [2.05, 4.69) is 4.98 Å². The smallest absolute Gasteiger partial charge is 0.223 e. The van der Waals surface area contributed by atoms with Crippen molar-refractivity contribution in [2.75, 3.05) is 6.61 Å². The summed E-state index contributed by atoms with van der Waals surface area (Å²) in [7, 11) is 0. The molecule has 0 spiro atoms. The lowest BCUT2D eigenvalue weighted by atomic mass is 10.2. The zero-order chi connectivity index (χ0) is 17.6. The van der Waals surface area contributed by atoms with E-state index in [1.54, 1.807) is 6.20 Å². The molecule has 1 heterocycles. The van der Waals surface area contributed by atoms with E-state index < -0.39 is 0 Å². The fraction of sp³-hybridized carbons (Fsp3) is 0.400. The third-order valence-electron chi connectivity index (χ3n) is 4.31. The molecule has 1 fully saturated rings. The van der Waals surface area contributed by atoms with Gasteiger partial charge in [-0.05, 0) is 61.6 Å². The summed E-state index contributed by atoms with van der Waals surface area (Å²) in [6.07, 6.45) is 7.00. The predicted octanol–water partition coefficient (Wildman–Crippen LogP) is 4.39. The van der Waals surface area contributed by atoms with Gasteiger partial charge in [0.05, 0.1) is 6.61 Å². The van der Waals surface area contributed by atoms with Crippen molar-refractivity contribution in [2.45, 2.75) is 45.2 Å². The molecule has 132 valence electrons. The van der Waals surface area contributed by atoms with Gasteiger partial charge in [0.2, 0.25) is 5.91 Å². The molecule has 1 aromatic carbocycles. The van der Waals surface area contributed by atoms with Gasteiger partial charge in [-0.2, -0.15) is 0 Å². The maximum absolute atomic E-state index is 12.6. The van der Waals surface area contributed by atoms with Crippen LogP contribution in [0.2, 0.25) is 5.02 Å². The first-order valence-corrected chi connectivity index (χ1v) is 9.08. The van der Waals surface area contributed by atoms with E-state index in [9.17, 15) is 4.79 Å². The quantitative estimate of drug-likeness (QED) is 0.657. The molecule has 0 radical (unpaired) electrons. The summed E-state index contributed by atoms with van der Waals surface area (Å²) in [5.74, 6) is 1.02. The van der Waals surface area contributed by atoms with Crippen LogP contribution in [0.25, 0.3) is 0 Å². The molecule has 0 N–H and O–H groups in total. The zero-order valence-corrected chi connectivity index (χ0v) is 15.2. The van der Waals surface area contributed by atoms with Crippen LogP contribution in [0.15, 0.2) is 42.7 Å². The first-order valence-electron chi connectivity index (χ1n) is 8.71. The van der Waals surface area contributed by atoms with Gasteiger partial charge in [-0.25, -0.2) is 0 Å². The van der Waals surface area contributed by atoms with Gasteiger partial charge < -0.3 is 9.64 Å². The fourth-order valence-electron chi connectivity index (χ4n) is 2.82. The number of amides is 1. The Hall–Kier alpha value is -2.07. The molecule has 3 rings (SSSR count). The molecule has 0 unspecified atom stereocenters. The van der Waals surface area contributed by atoms with Crippen molar-refractivity contribution in [2.24, 2.45) is 0 Å². The zero-order valence-electron chi connectivity index (χ0n) is 14.5. The summed E-state index contributed by atoms with van der Waals surface area (Å²) < 4.78 is 5.78. The molecule has 1 aliphatic carbocycles. The van der Waals surface area contributed by atoms with Crippen LogP contribution in [0.4, 0.5) is 0 Å². The average Bonchev–Trinajstić information content (AvgIpc) is 3.44. The largest absolute Gasteiger partial charge is 0.493 e. The van der Waals surface area contributed by atoms with Gasteiger partial charge in [-0.3, -0.25) is 9.78 Å². The van der Waals surface area contributed by atoms with E-state index in [0.29, 0.717) is 37.1 Å². The van der Waals surface area contributed by atoms with Crippen molar-refractivity contribution in [1.29, 1.82) is 0 Å². The Balaban J connectivity index is 1.47. The topological polar surface area (TPSA) is 42.4 Å². The summed E-state index contributed by atoms with van der Waals surface area (Å²) in [4.78, 5) is 18.7.